The normalized spacial score (nSPS) is 10.1. The number of nitrogens with one attached hydrogen (secondary N) is 1. The first-order valence-electron chi connectivity index (χ1n) is 5.60. The number of carbonyl (C=O) groups excluding carboxylic acids is 1. The van der Waals surface area contributed by atoms with Gasteiger partial charge in [0.25, 0.3) is 5.91 Å². The Kier molecular flexibility index (Phi) is 3.91. The van der Waals surface area contributed by atoms with Crippen molar-refractivity contribution < 1.29 is 19.8 Å². The topological polar surface area (TPSA) is 86.6 Å². The van der Waals surface area contributed by atoms with Gasteiger partial charge in [-0.3, -0.25) is 4.79 Å². The largest absolute Gasteiger partial charge is 0.508 e. The summed E-state index contributed by atoms with van der Waals surface area (Å²) >= 11 is 5.72. The molecule has 0 heterocycles. The quantitative estimate of drug-likeness (QED) is 0.759. The number of halogens is 1. The van der Waals surface area contributed by atoms with E-state index in [-0.39, 0.29) is 17.0 Å². The van der Waals surface area contributed by atoms with E-state index >= 15 is 0 Å². The van der Waals surface area contributed by atoms with Gasteiger partial charge < -0.3 is 15.5 Å². The van der Waals surface area contributed by atoms with Crippen molar-refractivity contribution in [2.75, 3.05) is 5.32 Å². The van der Waals surface area contributed by atoms with E-state index in [1.54, 1.807) is 12.1 Å². The van der Waals surface area contributed by atoms with E-state index in [1.165, 1.54) is 24.3 Å². The summed E-state index contributed by atoms with van der Waals surface area (Å²) in [6.45, 7) is 0. The number of anilines is 1. The van der Waals surface area contributed by atoms with Crippen molar-refractivity contribution in [3.63, 3.8) is 0 Å². The summed E-state index contributed by atoms with van der Waals surface area (Å²) < 4.78 is 0. The van der Waals surface area contributed by atoms with Gasteiger partial charge in [-0.15, -0.1) is 0 Å². The van der Waals surface area contributed by atoms with Gasteiger partial charge in [0.15, 0.2) is 0 Å². The van der Waals surface area contributed by atoms with Gasteiger partial charge in [-0.25, -0.2) is 4.79 Å². The minimum Gasteiger partial charge on any atom is -0.508 e. The second kappa shape index (κ2) is 5.63. The number of phenolic OH excluding ortho intramolecular Hbond substituents is 1. The number of carbonyl (C=O) groups is 2. The average Bonchev–Trinajstić information content (AvgIpc) is 2.41. The standard InChI is InChI=1S/C14H10ClNO4/c15-9-3-1-8(2-4-9)13(18)16-12-6-5-10(17)7-11(12)14(19)20/h1-7,17H,(H,16,18)(H,19,20). The van der Waals surface area contributed by atoms with E-state index in [1.807, 2.05) is 0 Å². The van der Waals surface area contributed by atoms with Crippen molar-refractivity contribution in [2.24, 2.45) is 0 Å². The Bertz CT molecular complexity index is 667. The lowest BCUT2D eigenvalue weighted by Gasteiger charge is -2.09. The second-order valence-electron chi connectivity index (χ2n) is 4.00. The molecule has 0 aliphatic carbocycles. The number of hydrogen-bond donors (Lipinski definition) is 3. The fraction of sp³-hybridized carbons (Fsp3) is 0. The molecule has 0 spiro atoms. The van der Waals surface area contributed by atoms with E-state index in [0.29, 0.717) is 10.6 Å². The summed E-state index contributed by atoms with van der Waals surface area (Å²) in [6.07, 6.45) is 0. The molecular formula is C14H10ClNO4. The van der Waals surface area contributed by atoms with Gasteiger partial charge >= 0.3 is 5.97 Å². The Balaban J connectivity index is 2.28. The van der Waals surface area contributed by atoms with Crippen LogP contribution >= 0.6 is 11.6 Å². The average molecular weight is 292 g/mol. The minimum absolute atomic E-state index is 0.107. The summed E-state index contributed by atoms with van der Waals surface area (Å²) in [7, 11) is 0. The third-order valence-corrected chi connectivity index (χ3v) is 2.84. The number of carboxylic acids is 1. The Labute approximate surface area is 119 Å². The maximum Gasteiger partial charge on any atom is 0.337 e. The zero-order valence-electron chi connectivity index (χ0n) is 10.1. The zero-order valence-corrected chi connectivity index (χ0v) is 10.9. The lowest BCUT2D eigenvalue weighted by Crippen LogP contribution is -2.14. The van der Waals surface area contributed by atoms with Gasteiger partial charge in [-0.05, 0) is 42.5 Å². The van der Waals surface area contributed by atoms with Crippen LogP contribution in [0.4, 0.5) is 5.69 Å². The Morgan fingerprint density at radius 1 is 1.05 bits per heavy atom. The highest BCUT2D eigenvalue weighted by molar-refractivity contribution is 6.30. The fourth-order valence-corrected chi connectivity index (χ4v) is 1.74. The summed E-state index contributed by atoms with van der Waals surface area (Å²) in [6, 6.07) is 9.87. The lowest BCUT2D eigenvalue weighted by atomic mass is 10.1. The number of carboxylic acid groups (broad SMARTS) is 1. The van der Waals surface area contributed by atoms with E-state index in [9.17, 15) is 14.7 Å². The molecule has 0 atom stereocenters. The van der Waals surface area contributed by atoms with Gasteiger partial charge in [0, 0.05) is 10.6 Å². The van der Waals surface area contributed by atoms with Crippen LogP contribution in [0, 0.1) is 0 Å². The summed E-state index contributed by atoms with van der Waals surface area (Å²) in [4.78, 5) is 23.0. The van der Waals surface area contributed by atoms with E-state index < -0.39 is 11.9 Å². The van der Waals surface area contributed by atoms with Gasteiger partial charge in [0.05, 0.1) is 11.3 Å². The molecule has 0 aliphatic heterocycles. The first-order chi connectivity index (χ1) is 9.47. The summed E-state index contributed by atoms with van der Waals surface area (Å²) in [5.41, 5.74) is 0.265. The van der Waals surface area contributed by atoms with Crippen molar-refractivity contribution in [1.82, 2.24) is 0 Å². The number of rotatable bonds is 3. The van der Waals surface area contributed by atoms with Crippen molar-refractivity contribution >= 4 is 29.2 Å². The molecule has 20 heavy (non-hydrogen) atoms. The van der Waals surface area contributed by atoms with Crippen LogP contribution in [0.25, 0.3) is 0 Å². The number of hydrogen-bond acceptors (Lipinski definition) is 3. The van der Waals surface area contributed by atoms with Gasteiger partial charge in [0.1, 0.15) is 5.75 Å². The number of aromatic hydroxyl groups is 1. The second-order valence-corrected chi connectivity index (χ2v) is 4.43. The predicted octanol–water partition coefficient (Wildman–Crippen LogP) is 3.00. The molecular weight excluding hydrogens is 282 g/mol. The van der Waals surface area contributed by atoms with E-state index in [2.05, 4.69) is 5.32 Å². The van der Waals surface area contributed by atoms with Crippen LogP contribution in [-0.2, 0) is 0 Å². The fourth-order valence-electron chi connectivity index (χ4n) is 1.61. The summed E-state index contributed by atoms with van der Waals surface area (Å²) in [5, 5.41) is 21.3. The molecule has 2 aromatic rings. The maximum absolute atomic E-state index is 12.0. The van der Waals surface area contributed by atoms with Gasteiger partial charge in [-0.1, -0.05) is 11.6 Å². The van der Waals surface area contributed by atoms with Crippen LogP contribution in [0.2, 0.25) is 5.02 Å². The highest BCUT2D eigenvalue weighted by Crippen LogP contribution is 2.22. The van der Waals surface area contributed by atoms with Gasteiger partial charge in [0.2, 0.25) is 0 Å². The van der Waals surface area contributed by atoms with Crippen LogP contribution in [0.3, 0.4) is 0 Å². The molecule has 0 bridgehead atoms. The number of phenols is 1. The van der Waals surface area contributed by atoms with Crippen molar-refractivity contribution in [3.05, 3.63) is 58.6 Å². The zero-order chi connectivity index (χ0) is 14.7. The summed E-state index contributed by atoms with van der Waals surface area (Å²) in [5.74, 6) is -1.89. The maximum atomic E-state index is 12.0. The SMILES string of the molecule is O=C(Nc1ccc(O)cc1C(=O)O)c1ccc(Cl)cc1. The molecule has 0 saturated heterocycles. The third kappa shape index (κ3) is 3.07. The van der Waals surface area contributed by atoms with Crippen molar-refractivity contribution in [3.8, 4) is 5.75 Å². The molecule has 102 valence electrons. The molecule has 6 heteroatoms. The molecule has 0 aromatic heterocycles. The molecule has 0 unspecified atom stereocenters. The highest BCUT2D eigenvalue weighted by Gasteiger charge is 2.14. The number of benzene rings is 2. The first-order valence-corrected chi connectivity index (χ1v) is 5.98. The Morgan fingerprint density at radius 3 is 2.30 bits per heavy atom. The van der Waals surface area contributed by atoms with Crippen LogP contribution < -0.4 is 5.32 Å². The third-order valence-electron chi connectivity index (χ3n) is 2.59. The van der Waals surface area contributed by atoms with Crippen LogP contribution in [-0.4, -0.2) is 22.1 Å². The van der Waals surface area contributed by atoms with E-state index in [0.717, 1.165) is 6.07 Å². The molecule has 0 fully saturated rings. The molecule has 0 radical (unpaired) electrons. The Hall–Kier alpha value is -2.53. The monoisotopic (exact) mass is 291 g/mol. The molecule has 1 amide bonds. The van der Waals surface area contributed by atoms with Crippen LogP contribution in [0.5, 0.6) is 5.75 Å². The predicted molar refractivity (Wildman–Crippen MR) is 74.5 cm³/mol. The minimum atomic E-state index is -1.24. The lowest BCUT2D eigenvalue weighted by molar-refractivity contribution is 0.0697. The van der Waals surface area contributed by atoms with Gasteiger partial charge in [-0.2, -0.15) is 0 Å². The smallest absolute Gasteiger partial charge is 0.337 e. The highest BCUT2D eigenvalue weighted by atomic mass is 35.5. The number of amides is 1. The van der Waals surface area contributed by atoms with Crippen LogP contribution in [0.15, 0.2) is 42.5 Å². The molecule has 3 N–H and O–H groups in total. The first kappa shape index (κ1) is 13.9. The molecule has 0 aliphatic rings. The van der Waals surface area contributed by atoms with Crippen molar-refractivity contribution in [1.29, 1.82) is 0 Å². The molecule has 0 saturated carbocycles. The van der Waals surface area contributed by atoms with Crippen LogP contribution in [0.1, 0.15) is 20.7 Å². The Morgan fingerprint density at radius 2 is 1.70 bits per heavy atom. The molecule has 2 aromatic carbocycles. The van der Waals surface area contributed by atoms with E-state index in [4.69, 9.17) is 16.7 Å². The van der Waals surface area contributed by atoms with Crippen molar-refractivity contribution in [2.45, 2.75) is 0 Å². The molecule has 2 rings (SSSR count). The number of aromatic carboxylic acids is 1. The molecule has 5 nitrogen and oxygen atoms in total.